The Bertz CT molecular complexity index is 998. The van der Waals surface area contributed by atoms with E-state index in [1.54, 1.807) is 0 Å². The Morgan fingerprint density at radius 3 is 2.66 bits per heavy atom. The van der Waals surface area contributed by atoms with Gasteiger partial charge in [-0.2, -0.15) is 0 Å². The van der Waals surface area contributed by atoms with Crippen LogP contribution in [0.25, 0.3) is 10.8 Å². The molecule has 3 aromatic rings. The smallest absolute Gasteiger partial charge is 0.319 e. The highest BCUT2D eigenvalue weighted by Crippen LogP contribution is 2.34. The van der Waals surface area contributed by atoms with E-state index in [9.17, 15) is 4.79 Å². The fourth-order valence-electron chi connectivity index (χ4n) is 4.97. The maximum atomic E-state index is 12.8. The van der Waals surface area contributed by atoms with Crippen LogP contribution in [0.4, 0.5) is 10.5 Å². The molecule has 3 aliphatic rings. The molecule has 0 aliphatic carbocycles. The van der Waals surface area contributed by atoms with Crippen LogP contribution < -0.4 is 10.6 Å². The number of rotatable bonds is 4. The largest absolute Gasteiger partial charge is 0.333 e. The van der Waals surface area contributed by atoms with Crippen LogP contribution in [0.1, 0.15) is 18.4 Å². The molecule has 2 atom stereocenters. The van der Waals surface area contributed by atoms with E-state index in [1.807, 2.05) is 48.8 Å². The lowest BCUT2D eigenvalue weighted by atomic mass is 9.77. The standard InChI is InChI=1S/C24H26N4O/c29-24(26-21-8-7-18-5-1-2-6-20(18)15-21)27-23-19-9-12-28(13-10-19)22(23)14-17-4-3-11-25-16-17/h1-8,11,15-16,19,22-23H,9-10,12-14H2,(H2,26,27,29). The highest BCUT2D eigenvalue weighted by molar-refractivity contribution is 5.93. The highest BCUT2D eigenvalue weighted by atomic mass is 16.2. The average molecular weight is 386 g/mol. The van der Waals surface area contributed by atoms with Crippen molar-refractivity contribution >= 4 is 22.5 Å². The van der Waals surface area contributed by atoms with E-state index in [0.717, 1.165) is 43.4 Å². The Labute approximate surface area is 171 Å². The molecule has 2 N–H and O–H groups in total. The lowest BCUT2D eigenvalue weighted by Crippen LogP contribution is -2.64. The second kappa shape index (κ2) is 7.84. The van der Waals surface area contributed by atoms with Gasteiger partial charge in [0.2, 0.25) is 0 Å². The van der Waals surface area contributed by atoms with Crippen molar-refractivity contribution in [1.29, 1.82) is 0 Å². The van der Waals surface area contributed by atoms with Crippen LogP contribution in [0, 0.1) is 5.92 Å². The third-order valence-corrected chi connectivity index (χ3v) is 6.44. The van der Waals surface area contributed by atoms with Crippen LogP contribution in [0.15, 0.2) is 67.0 Å². The highest BCUT2D eigenvalue weighted by Gasteiger charge is 2.42. The summed E-state index contributed by atoms with van der Waals surface area (Å²) in [6.07, 6.45) is 6.99. The molecule has 6 rings (SSSR count). The first-order valence-corrected chi connectivity index (χ1v) is 10.5. The first-order valence-electron chi connectivity index (χ1n) is 10.5. The van der Waals surface area contributed by atoms with Crippen molar-refractivity contribution in [3.8, 4) is 0 Å². The quantitative estimate of drug-likeness (QED) is 0.711. The number of anilines is 1. The minimum absolute atomic E-state index is 0.116. The number of amides is 2. The number of hydrogen-bond acceptors (Lipinski definition) is 3. The van der Waals surface area contributed by atoms with Gasteiger partial charge in [-0.15, -0.1) is 0 Å². The average Bonchev–Trinajstić information content (AvgIpc) is 2.77. The molecule has 5 heteroatoms. The number of urea groups is 1. The normalized spacial score (nSPS) is 25.7. The Morgan fingerprint density at radius 1 is 1.03 bits per heavy atom. The van der Waals surface area contributed by atoms with Gasteiger partial charge in [0.1, 0.15) is 0 Å². The summed E-state index contributed by atoms with van der Waals surface area (Å²) in [6.45, 7) is 2.25. The zero-order valence-corrected chi connectivity index (χ0v) is 16.4. The van der Waals surface area contributed by atoms with E-state index in [1.165, 1.54) is 10.9 Å². The molecule has 4 heterocycles. The minimum Gasteiger partial charge on any atom is -0.333 e. The van der Waals surface area contributed by atoms with Gasteiger partial charge in [-0.3, -0.25) is 9.88 Å². The number of carbonyl (C=O) groups is 1. The Balaban J connectivity index is 1.30. The number of aromatic nitrogens is 1. The van der Waals surface area contributed by atoms with Gasteiger partial charge in [0.05, 0.1) is 0 Å². The van der Waals surface area contributed by atoms with E-state index < -0.39 is 0 Å². The van der Waals surface area contributed by atoms with Crippen molar-refractivity contribution in [2.24, 2.45) is 5.92 Å². The number of piperidine rings is 3. The van der Waals surface area contributed by atoms with Gasteiger partial charge in [0.15, 0.2) is 0 Å². The van der Waals surface area contributed by atoms with Crippen molar-refractivity contribution in [2.75, 3.05) is 18.4 Å². The van der Waals surface area contributed by atoms with Gasteiger partial charge >= 0.3 is 6.03 Å². The van der Waals surface area contributed by atoms with Crippen molar-refractivity contribution in [3.63, 3.8) is 0 Å². The van der Waals surface area contributed by atoms with Crippen LogP contribution >= 0.6 is 0 Å². The van der Waals surface area contributed by atoms with Gasteiger partial charge in [-0.1, -0.05) is 36.4 Å². The van der Waals surface area contributed by atoms with Crippen LogP contribution in [0.3, 0.4) is 0 Å². The second-order valence-electron chi connectivity index (χ2n) is 8.19. The van der Waals surface area contributed by atoms with Crippen LogP contribution in [-0.4, -0.2) is 41.1 Å². The number of nitrogens with one attached hydrogen (secondary N) is 2. The molecule has 2 aromatic carbocycles. The number of nitrogens with zero attached hydrogens (tertiary/aromatic N) is 2. The molecule has 2 unspecified atom stereocenters. The molecule has 29 heavy (non-hydrogen) atoms. The van der Waals surface area contributed by atoms with Crippen molar-refractivity contribution in [1.82, 2.24) is 15.2 Å². The molecule has 2 amide bonds. The molecule has 148 valence electrons. The summed E-state index contributed by atoms with van der Waals surface area (Å²) in [5.74, 6) is 0.545. The van der Waals surface area contributed by atoms with E-state index in [4.69, 9.17) is 0 Å². The molecule has 0 radical (unpaired) electrons. The van der Waals surface area contributed by atoms with Gasteiger partial charge in [-0.25, -0.2) is 4.79 Å². The Kier molecular flexibility index (Phi) is 4.90. The SMILES string of the molecule is O=C(Nc1ccc2ccccc2c1)NC1C2CCN(CC2)C1Cc1cccnc1. The summed E-state index contributed by atoms with van der Waals surface area (Å²) in [6, 6.07) is 18.7. The van der Waals surface area contributed by atoms with Gasteiger partial charge < -0.3 is 10.6 Å². The lowest BCUT2D eigenvalue weighted by molar-refractivity contribution is 0.0184. The Hall–Kier alpha value is -2.92. The second-order valence-corrected chi connectivity index (χ2v) is 8.19. The van der Waals surface area contributed by atoms with Gasteiger partial charge in [0.25, 0.3) is 0 Å². The third-order valence-electron chi connectivity index (χ3n) is 6.44. The molecule has 0 spiro atoms. The van der Waals surface area contributed by atoms with Gasteiger partial charge in [0, 0.05) is 30.2 Å². The van der Waals surface area contributed by atoms with Crippen LogP contribution in [-0.2, 0) is 6.42 Å². The molecule has 3 aliphatic heterocycles. The predicted octanol–water partition coefficient (Wildman–Crippen LogP) is 4.06. The molecule has 5 nitrogen and oxygen atoms in total. The van der Waals surface area contributed by atoms with Crippen LogP contribution in [0.2, 0.25) is 0 Å². The van der Waals surface area contributed by atoms with Crippen molar-refractivity contribution in [3.05, 3.63) is 72.6 Å². The number of carbonyl (C=O) groups excluding carboxylic acids is 1. The maximum Gasteiger partial charge on any atom is 0.319 e. The predicted molar refractivity (Wildman–Crippen MR) is 116 cm³/mol. The Morgan fingerprint density at radius 2 is 1.86 bits per heavy atom. The van der Waals surface area contributed by atoms with Crippen LogP contribution in [0.5, 0.6) is 0 Å². The number of fused-ring (bicyclic) bond motifs is 4. The fraction of sp³-hybridized carbons (Fsp3) is 0.333. The van der Waals surface area contributed by atoms with E-state index >= 15 is 0 Å². The summed E-state index contributed by atoms with van der Waals surface area (Å²) in [4.78, 5) is 19.6. The maximum absolute atomic E-state index is 12.8. The molecule has 3 fully saturated rings. The zero-order valence-electron chi connectivity index (χ0n) is 16.4. The number of hydrogen-bond donors (Lipinski definition) is 2. The molecular weight excluding hydrogens is 360 g/mol. The lowest BCUT2D eigenvalue weighted by Gasteiger charge is -2.51. The van der Waals surface area contributed by atoms with Crippen molar-refractivity contribution in [2.45, 2.75) is 31.3 Å². The summed E-state index contributed by atoms with van der Waals surface area (Å²) >= 11 is 0. The number of pyridine rings is 1. The van der Waals surface area contributed by atoms with Crippen molar-refractivity contribution < 1.29 is 4.79 Å². The molecule has 1 aromatic heterocycles. The fourth-order valence-corrected chi connectivity index (χ4v) is 4.97. The number of benzene rings is 2. The third kappa shape index (κ3) is 3.83. The van der Waals surface area contributed by atoms with Gasteiger partial charge in [-0.05, 0) is 72.8 Å². The minimum atomic E-state index is -0.116. The van der Waals surface area contributed by atoms with E-state index in [-0.39, 0.29) is 12.1 Å². The molecule has 3 saturated heterocycles. The topological polar surface area (TPSA) is 57.3 Å². The zero-order chi connectivity index (χ0) is 19.6. The summed E-state index contributed by atoms with van der Waals surface area (Å²) in [5, 5.41) is 8.65. The summed E-state index contributed by atoms with van der Waals surface area (Å²) < 4.78 is 0. The molecule has 0 saturated carbocycles. The first-order chi connectivity index (χ1) is 14.3. The molecule has 2 bridgehead atoms. The van der Waals surface area contributed by atoms with E-state index in [0.29, 0.717) is 12.0 Å². The summed E-state index contributed by atoms with van der Waals surface area (Å²) in [7, 11) is 0. The molecular formula is C24H26N4O. The monoisotopic (exact) mass is 386 g/mol. The van der Waals surface area contributed by atoms with E-state index in [2.05, 4.69) is 38.7 Å². The summed E-state index contributed by atoms with van der Waals surface area (Å²) in [5.41, 5.74) is 2.05. The first kappa shape index (κ1) is 18.1.